The molecular weight excluding hydrogens is 231 g/mol. The van der Waals surface area contributed by atoms with E-state index in [9.17, 15) is 4.79 Å². The molecule has 1 aromatic rings. The summed E-state index contributed by atoms with van der Waals surface area (Å²) in [6.07, 6.45) is 0. The summed E-state index contributed by atoms with van der Waals surface area (Å²) in [6, 6.07) is 6.18. The zero-order valence-electron chi connectivity index (χ0n) is 5.75. The Labute approximate surface area is 101 Å². The molecule has 0 radical (unpaired) electrons. The normalized spacial score (nSPS) is 8.75. The molecule has 0 saturated heterocycles. The number of alkyl halides is 1. The molecule has 0 heterocycles. The van der Waals surface area contributed by atoms with E-state index in [0.717, 1.165) is 0 Å². The van der Waals surface area contributed by atoms with E-state index in [0.29, 0.717) is 10.9 Å². The Bertz CT molecular complexity index is 258. The van der Waals surface area contributed by atoms with Crippen LogP contribution in [0.3, 0.4) is 0 Å². The van der Waals surface area contributed by atoms with E-state index in [1.165, 1.54) is 12.1 Å². The van der Waals surface area contributed by atoms with Gasteiger partial charge in [0, 0.05) is 5.56 Å². The zero-order chi connectivity index (χ0) is 8.27. The maximum absolute atomic E-state index is 11.0. The van der Waals surface area contributed by atoms with Crippen molar-refractivity contribution in [3.8, 4) is 5.75 Å². The SMILES string of the molecule is O=C(CBr)c1ccc(O)cc1.[NaH]. The van der Waals surface area contributed by atoms with Gasteiger partial charge < -0.3 is 5.11 Å². The van der Waals surface area contributed by atoms with Crippen molar-refractivity contribution in [2.75, 3.05) is 5.33 Å². The van der Waals surface area contributed by atoms with Gasteiger partial charge in [0.15, 0.2) is 5.78 Å². The molecule has 0 aliphatic carbocycles. The van der Waals surface area contributed by atoms with Crippen molar-refractivity contribution in [3.05, 3.63) is 29.8 Å². The molecule has 1 aromatic carbocycles. The molecule has 1 N–H and O–H groups in total. The molecule has 0 aliphatic heterocycles. The molecule has 0 unspecified atom stereocenters. The van der Waals surface area contributed by atoms with Crippen molar-refractivity contribution in [1.29, 1.82) is 0 Å². The molecule has 1 rings (SSSR count). The Balaban J connectivity index is 0.00000121. The molecule has 0 atom stereocenters. The van der Waals surface area contributed by atoms with Gasteiger partial charge in [-0.2, -0.15) is 0 Å². The third kappa shape index (κ3) is 3.27. The van der Waals surface area contributed by atoms with E-state index in [4.69, 9.17) is 5.11 Å². The van der Waals surface area contributed by atoms with Crippen LogP contribution in [-0.2, 0) is 0 Å². The summed E-state index contributed by atoms with van der Waals surface area (Å²) >= 11 is 3.06. The molecule has 12 heavy (non-hydrogen) atoms. The van der Waals surface area contributed by atoms with E-state index >= 15 is 0 Å². The number of Topliss-reactive ketones (excluding diaryl/α,β-unsaturated/α-hetero) is 1. The number of phenolic OH excluding ortho intramolecular Hbond substituents is 1. The molecule has 0 amide bonds. The fourth-order valence-corrected chi connectivity index (χ4v) is 1.05. The maximum atomic E-state index is 11.0. The number of carbonyl (C=O) groups is 1. The van der Waals surface area contributed by atoms with E-state index in [1.807, 2.05) is 0 Å². The molecular formula is C8H8BrNaO2. The van der Waals surface area contributed by atoms with Crippen LogP contribution < -0.4 is 0 Å². The molecule has 0 aromatic heterocycles. The van der Waals surface area contributed by atoms with Crippen LogP contribution in [0.15, 0.2) is 24.3 Å². The summed E-state index contributed by atoms with van der Waals surface area (Å²) in [4.78, 5) is 11.0. The summed E-state index contributed by atoms with van der Waals surface area (Å²) in [7, 11) is 0. The third-order valence-corrected chi connectivity index (χ3v) is 1.82. The van der Waals surface area contributed by atoms with Gasteiger partial charge in [-0.25, -0.2) is 0 Å². The number of carbonyl (C=O) groups excluding carboxylic acids is 1. The van der Waals surface area contributed by atoms with E-state index in [2.05, 4.69) is 15.9 Å². The number of rotatable bonds is 2. The molecule has 0 saturated carbocycles. The first-order valence-corrected chi connectivity index (χ1v) is 4.24. The zero-order valence-corrected chi connectivity index (χ0v) is 7.34. The molecule has 0 spiro atoms. The number of phenols is 1. The average Bonchev–Trinajstić information content (AvgIpc) is 2.05. The van der Waals surface area contributed by atoms with Gasteiger partial charge in [-0.1, -0.05) is 15.9 Å². The number of aromatic hydroxyl groups is 1. The van der Waals surface area contributed by atoms with E-state index in [1.54, 1.807) is 12.1 Å². The van der Waals surface area contributed by atoms with Crippen molar-refractivity contribution in [2.45, 2.75) is 0 Å². The Hall–Kier alpha value is 0.170. The summed E-state index contributed by atoms with van der Waals surface area (Å²) in [5, 5.41) is 9.21. The van der Waals surface area contributed by atoms with Crippen LogP contribution in [0, 0.1) is 0 Å². The van der Waals surface area contributed by atoms with Crippen LogP contribution in [0.4, 0.5) is 0 Å². The standard InChI is InChI=1S/C8H7BrO2.Na.H/c9-5-8(11)6-1-3-7(10)4-2-6;;/h1-4,10H,5H2;;. The Kier molecular flexibility index (Phi) is 5.84. The second kappa shape index (κ2) is 5.75. The number of benzene rings is 1. The van der Waals surface area contributed by atoms with Crippen LogP contribution in [0.25, 0.3) is 0 Å². The fraction of sp³-hybridized carbons (Fsp3) is 0.125. The predicted molar refractivity (Wildman–Crippen MR) is 53.4 cm³/mol. The summed E-state index contributed by atoms with van der Waals surface area (Å²) in [5.74, 6) is 0.195. The molecule has 4 heteroatoms. The number of halogens is 1. The summed E-state index contributed by atoms with van der Waals surface area (Å²) < 4.78 is 0. The second-order valence-electron chi connectivity index (χ2n) is 2.10. The summed E-state index contributed by atoms with van der Waals surface area (Å²) in [5.41, 5.74) is 0.611. The first-order valence-electron chi connectivity index (χ1n) is 3.12. The van der Waals surface area contributed by atoms with Gasteiger partial charge in [-0.3, -0.25) is 4.79 Å². The molecule has 0 bridgehead atoms. The van der Waals surface area contributed by atoms with Crippen molar-refractivity contribution in [2.24, 2.45) is 0 Å². The van der Waals surface area contributed by atoms with Crippen LogP contribution in [0.1, 0.15) is 10.4 Å². The number of hydrogen-bond acceptors (Lipinski definition) is 2. The second-order valence-corrected chi connectivity index (χ2v) is 2.66. The van der Waals surface area contributed by atoms with Crippen molar-refractivity contribution >= 4 is 51.3 Å². The van der Waals surface area contributed by atoms with Gasteiger partial charge in [0.2, 0.25) is 0 Å². The quantitative estimate of drug-likeness (QED) is 0.480. The topological polar surface area (TPSA) is 37.3 Å². The third-order valence-electron chi connectivity index (χ3n) is 1.31. The molecule has 0 aliphatic rings. The van der Waals surface area contributed by atoms with Crippen LogP contribution in [-0.4, -0.2) is 45.8 Å². The Morgan fingerprint density at radius 2 is 1.83 bits per heavy atom. The van der Waals surface area contributed by atoms with Gasteiger partial charge >= 0.3 is 29.6 Å². The predicted octanol–water partition coefficient (Wildman–Crippen LogP) is 1.32. The number of hydrogen-bond donors (Lipinski definition) is 1. The van der Waals surface area contributed by atoms with Crippen molar-refractivity contribution < 1.29 is 9.90 Å². The van der Waals surface area contributed by atoms with Crippen LogP contribution >= 0.6 is 15.9 Å². The Morgan fingerprint density at radius 1 is 1.33 bits per heavy atom. The molecule has 2 nitrogen and oxygen atoms in total. The van der Waals surface area contributed by atoms with E-state index in [-0.39, 0.29) is 41.1 Å². The molecule has 0 fully saturated rings. The monoisotopic (exact) mass is 238 g/mol. The number of ketones is 1. The minimum atomic E-state index is 0. The van der Waals surface area contributed by atoms with Gasteiger partial charge in [0.1, 0.15) is 5.75 Å². The first kappa shape index (κ1) is 12.2. The average molecular weight is 239 g/mol. The summed E-state index contributed by atoms with van der Waals surface area (Å²) in [6.45, 7) is 0. The Morgan fingerprint density at radius 3 is 2.25 bits per heavy atom. The van der Waals surface area contributed by atoms with Gasteiger partial charge in [0.05, 0.1) is 5.33 Å². The van der Waals surface area contributed by atoms with Gasteiger partial charge in [0.25, 0.3) is 0 Å². The first-order chi connectivity index (χ1) is 5.24. The minimum absolute atomic E-state index is 0. The van der Waals surface area contributed by atoms with Crippen molar-refractivity contribution in [3.63, 3.8) is 0 Å². The fourth-order valence-electron chi connectivity index (χ4n) is 0.724. The van der Waals surface area contributed by atoms with Crippen molar-refractivity contribution in [1.82, 2.24) is 0 Å². The van der Waals surface area contributed by atoms with E-state index < -0.39 is 0 Å². The van der Waals surface area contributed by atoms with Gasteiger partial charge in [-0.15, -0.1) is 0 Å². The molecule has 60 valence electrons. The van der Waals surface area contributed by atoms with Crippen LogP contribution in [0.5, 0.6) is 5.75 Å². The van der Waals surface area contributed by atoms with Gasteiger partial charge in [-0.05, 0) is 24.3 Å². The van der Waals surface area contributed by atoms with Crippen LogP contribution in [0.2, 0.25) is 0 Å².